The van der Waals surface area contributed by atoms with Crippen molar-refractivity contribution >= 4 is 0 Å². The topological polar surface area (TPSA) is 40.5 Å². The van der Waals surface area contributed by atoms with Gasteiger partial charge < -0.3 is 10.2 Å². The van der Waals surface area contributed by atoms with Crippen molar-refractivity contribution in [1.29, 1.82) is 0 Å². The SMILES string of the molecule is CC12CCC3c4ccc(O)cc4CCC3C1CC[C@@H]2O. The molecule has 2 saturated carbocycles. The zero-order chi connectivity index (χ0) is 13.9. The van der Waals surface area contributed by atoms with Crippen molar-refractivity contribution in [2.24, 2.45) is 17.3 Å². The second-order valence-corrected chi connectivity index (χ2v) is 7.44. The number of aliphatic hydroxyl groups excluding tert-OH is 1. The Bertz CT molecular complexity index is 538. The second kappa shape index (κ2) is 4.24. The van der Waals surface area contributed by atoms with Gasteiger partial charge in [-0.2, -0.15) is 0 Å². The Morgan fingerprint density at radius 2 is 2.00 bits per heavy atom. The summed E-state index contributed by atoms with van der Waals surface area (Å²) in [7, 11) is 0. The number of aromatic hydroxyl groups is 1. The molecule has 0 aromatic heterocycles. The van der Waals surface area contributed by atoms with E-state index >= 15 is 0 Å². The molecule has 0 bridgehead atoms. The first kappa shape index (κ1) is 12.7. The van der Waals surface area contributed by atoms with E-state index in [1.165, 1.54) is 30.4 Å². The highest BCUT2D eigenvalue weighted by molar-refractivity contribution is 5.40. The minimum absolute atomic E-state index is 0.0883. The Kier molecular flexibility index (Phi) is 2.69. The van der Waals surface area contributed by atoms with E-state index < -0.39 is 0 Å². The molecule has 108 valence electrons. The lowest BCUT2D eigenvalue weighted by molar-refractivity contribution is -0.0226. The van der Waals surface area contributed by atoms with E-state index in [-0.39, 0.29) is 11.5 Å². The average Bonchev–Trinajstić information content (AvgIpc) is 2.74. The average molecular weight is 272 g/mol. The standard InChI is InChI=1S/C18H24O2/c1-18-9-8-14-13-5-3-12(19)10-11(13)2-4-15(14)16(18)6-7-17(18)20/h3,5,10,14-17,19-20H,2,4,6-9H2,1H3/t14?,15?,16?,17-,18?/m0/s1. The maximum Gasteiger partial charge on any atom is 0.115 e. The highest BCUT2D eigenvalue weighted by Crippen LogP contribution is 2.60. The van der Waals surface area contributed by atoms with Crippen LogP contribution in [0.4, 0.5) is 0 Å². The summed E-state index contributed by atoms with van der Waals surface area (Å²) in [6.45, 7) is 2.32. The van der Waals surface area contributed by atoms with Gasteiger partial charge in [0.1, 0.15) is 5.75 Å². The van der Waals surface area contributed by atoms with Gasteiger partial charge in [-0.3, -0.25) is 0 Å². The van der Waals surface area contributed by atoms with Crippen LogP contribution in [0.3, 0.4) is 0 Å². The Hall–Kier alpha value is -1.02. The van der Waals surface area contributed by atoms with Crippen molar-refractivity contribution in [1.82, 2.24) is 0 Å². The van der Waals surface area contributed by atoms with Gasteiger partial charge in [-0.1, -0.05) is 13.0 Å². The lowest BCUT2D eigenvalue weighted by Crippen LogP contribution is -2.43. The van der Waals surface area contributed by atoms with Gasteiger partial charge in [0.2, 0.25) is 0 Å². The van der Waals surface area contributed by atoms with Gasteiger partial charge in [-0.25, -0.2) is 0 Å². The summed E-state index contributed by atoms with van der Waals surface area (Å²) in [5.41, 5.74) is 2.99. The number of fused-ring (bicyclic) bond motifs is 5. The summed E-state index contributed by atoms with van der Waals surface area (Å²) >= 11 is 0. The Balaban J connectivity index is 1.71. The lowest BCUT2D eigenvalue weighted by Gasteiger charge is -2.50. The number of hydrogen-bond donors (Lipinski definition) is 2. The fourth-order valence-electron chi connectivity index (χ4n) is 5.54. The predicted octanol–water partition coefficient (Wildman–Crippen LogP) is 3.61. The van der Waals surface area contributed by atoms with Crippen molar-refractivity contribution in [2.75, 3.05) is 0 Å². The Labute approximate surface area is 120 Å². The first-order valence-electron chi connectivity index (χ1n) is 8.09. The molecular formula is C18H24O2. The molecule has 2 nitrogen and oxygen atoms in total. The minimum Gasteiger partial charge on any atom is -0.508 e. The Morgan fingerprint density at radius 3 is 2.85 bits per heavy atom. The van der Waals surface area contributed by atoms with Gasteiger partial charge in [0, 0.05) is 0 Å². The van der Waals surface area contributed by atoms with Crippen LogP contribution in [0.25, 0.3) is 0 Å². The molecule has 0 amide bonds. The zero-order valence-electron chi connectivity index (χ0n) is 12.2. The van der Waals surface area contributed by atoms with Crippen molar-refractivity contribution < 1.29 is 10.2 Å². The molecule has 4 rings (SSSR count). The molecule has 0 spiro atoms. The summed E-state index contributed by atoms with van der Waals surface area (Å²) in [6, 6.07) is 5.96. The molecule has 5 atom stereocenters. The molecule has 0 radical (unpaired) electrons. The van der Waals surface area contributed by atoms with E-state index in [0.717, 1.165) is 25.2 Å². The van der Waals surface area contributed by atoms with E-state index in [4.69, 9.17) is 0 Å². The van der Waals surface area contributed by atoms with Crippen molar-refractivity contribution in [3.05, 3.63) is 29.3 Å². The summed E-state index contributed by atoms with van der Waals surface area (Å²) in [5, 5.41) is 20.0. The smallest absolute Gasteiger partial charge is 0.115 e. The first-order valence-corrected chi connectivity index (χ1v) is 8.09. The van der Waals surface area contributed by atoms with Gasteiger partial charge in [0.05, 0.1) is 6.10 Å². The molecule has 2 heteroatoms. The third-order valence-corrected chi connectivity index (χ3v) is 6.66. The summed E-state index contributed by atoms with van der Waals surface area (Å²) < 4.78 is 0. The number of phenols is 1. The molecule has 3 aliphatic carbocycles. The van der Waals surface area contributed by atoms with E-state index in [9.17, 15) is 10.2 Å². The van der Waals surface area contributed by atoms with Gasteiger partial charge >= 0.3 is 0 Å². The maximum absolute atomic E-state index is 10.4. The lowest BCUT2D eigenvalue weighted by atomic mass is 9.55. The number of rotatable bonds is 0. The zero-order valence-corrected chi connectivity index (χ0v) is 12.2. The summed E-state index contributed by atoms with van der Waals surface area (Å²) in [4.78, 5) is 0. The molecule has 20 heavy (non-hydrogen) atoms. The van der Waals surface area contributed by atoms with Crippen LogP contribution in [0.5, 0.6) is 5.75 Å². The second-order valence-electron chi connectivity index (χ2n) is 7.44. The molecule has 1 aromatic carbocycles. The van der Waals surface area contributed by atoms with Crippen LogP contribution < -0.4 is 0 Å². The molecule has 0 aliphatic heterocycles. The van der Waals surface area contributed by atoms with Crippen LogP contribution in [0, 0.1) is 17.3 Å². The molecule has 0 saturated heterocycles. The number of aryl methyl sites for hydroxylation is 1. The molecular weight excluding hydrogens is 248 g/mol. The highest BCUT2D eigenvalue weighted by Gasteiger charge is 2.54. The molecule has 3 aliphatic rings. The fourth-order valence-corrected chi connectivity index (χ4v) is 5.54. The molecule has 1 aromatic rings. The van der Waals surface area contributed by atoms with Crippen LogP contribution >= 0.6 is 0 Å². The van der Waals surface area contributed by atoms with E-state index in [1.54, 1.807) is 0 Å². The van der Waals surface area contributed by atoms with Crippen LogP contribution in [-0.4, -0.2) is 16.3 Å². The van der Waals surface area contributed by atoms with Crippen molar-refractivity contribution in [2.45, 2.75) is 57.5 Å². The summed E-state index contributed by atoms with van der Waals surface area (Å²) in [6.07, 6.45) is 6.78. The first-order chi connectivity index (χ1) is 9.59. The molecule has 4 unspecified atom stereocenters. The number of aliphatic hydroxyl groups is 1. The van der Waals surface area contributed by atoms with E-state index in [0.29, 0.717) is 17.6 Å². The molecule has 2 fully saturated rings. The van der Waals surface area contributed by atoms with E-state index in [1.807, 2.05) is 12.1 Å². The minimum atomic E-state index is -0.0883. The normalized spacial score (nSPS) is 42.7. The quantitative estimate of drug-likeness (QED) is 0.757. The van der Waals surface area contributed by atoms with E-state index in [2.05, 4.69) is 13.0 Å². The number of benzene rings is 1. The Morgan fingerprint density at radius 1 is 1.15 bits per heavy atom. The largest absolute Gasteiger partial charge is 0.508 e. The third-order valence-electron chi connectivity index (χ3n) is 6.66. The molecule has 0 heterocycles. The summed E-state index contributed by atoms with van der Waals surface area (Å²) in [5.74, 6) is 2.49. The van der Waals surface area contributed by atoms with Gasteiger partial charge in [-0.05, 0) is 85.0 Å². The maximum atomic E-state index is 10.4. The van der Waals surface area contributed by atoms with Crippen LogP contribution in [0.2, 0.25) is 0 Å². The van der Waals surface area contributed by atoms with Crippen LogP contribution in [-0.2, 0) is 6.42 Å². The number of phenolic OH excluding ortho intramolecular Hbond substituents is 1. The highest BCUT2D eigenvalue weighted by atomic mass is 16.3. The van der Waals surface area contributed by atoms with Gasteiger partial charge in [0.25, 0.3) is 0 Å². The van der Waals surface area contributed by atoms with Gasteiger partial charge in [-0.15, -0.1) is 0 Å². The molecule has 2 N–H and O–H groups in total. The van der Waals surface area contributed by atoms with Crippen LogP contribution in [0.1, 0.15) is 56.1 Å². The third kappa shape index (κ3) is 1.60. The van der Waals surface area contributed by atoms with Crippen molar-refractivity contribution in [3.63, 3.8) is 0 Å². The number of hydrogen-bond acceptors (Lipinski definition) is 2. The monoisotopic (exact) mass is 272 g/mol. The van der Waals surface area contributed by atoms with Gasteiger partial charge in [0.15, 0.2) is 0 Å². The predicted molar refractivity (Wildman–Crippen MR) is 78.7 cm³/mol. The van der Waals surface area contributed by atoms with Crippen molar-refractivity contribution in [3.8, 4) is 5.75 Å². The fraction of sp³-hybridized carbons (Fsp3) is 0.667. The van der Waals surface area contributed by atoms with Crippen LogP contribution in [0.15, 0.2) is 18.2 Å².